The van der Waals surface area contributed by atoms with Crippen molar-refractivity contribution in [2.45, 2.75) is 0 Å². The van der Waals surface area contributed by atoms with Gasteiger partial charge in [0.2, 0.25) is 0 Å². The van der Waals surface area contributed by atoms with Crippen LogP contribution >= 0.6 is 0 Å². The van der Waals surface area contributed by atoms with Gasteiger partial charge in [-0.3, -0.25) is 0 Å². The summed E-state index contributed by atoms with van der Waals surface area (Å²) in [6.45, 7) is 0. The molecule has 7 nitrogen and oxygen atoms in total. The highest BCUT2D eigenvalue weighted by atomic mass is 16.5. The van der Waals surface area contributed by atoms with Crippen LogP contribution in [0.15, 0.2) is 65.8 Å². The lowest BCUT2D eigenvalue weighted by molar-refractivity contribution is -0.435. The van der Waals surface area contributed by atoms with Crippen molar-refractivity contribution in [3.8, 4) is 0 Å². The third kappa shape index (κ3) is 5.14. The molecule has 0 amide bonds. The summed E-state index contributed by atoms with van der Waals surface area (Å²) < 4.78 is 0. The average molecular weight is 338 g/mol. The minimum absolute atomic E-state index is 0.164. The van der Waals surface area contributed by atoms with E-state index in [4.69, 9.17) is 10.2 Å². The second-order valence-electron chi connectivity index (χ2n) is 4.83. The molecular formula is C18H14N2O5. The number of carboxylic acids is 2. The Labute approximate surface area is 143 Å². The third-order valence-electron chi connectivity index (χ3n) is 3.09. The van der Waals surface area contributed by atoms with Crippen LogP contribution < -0.4 is 0 Å². The Balaban J connectivity index is 2.44. The van der Waals surface area contributed by atoms with Gasteiger partial charge in [0.05, 0.1) is 5.56 Å². The largest absolute Gasteiger partial charge is 0.594 e. The van der Waals surface area contributed by atoms with Crippen molar-refractivity contribution in [2.75, 3.05) is 0 Å². The number of nitrogens with zero attached hydrogens (tertiary/aromatic N) is 2. The van der Waals surface area contributed by atoms with E-state index in [0.717, 1.165) is 12.2 Å². The van der Waals surface area contributed by atoms with Gasteiger partial charge < -0.3 is 15.4 Å². The monoisotopic (exact) mass is 338 g/mol. The second kappa shape index (κ2) is 8.21. The summed E-state index contributed by atoms with van der Waals surface area (Å²) in [4.78, 5) is 21.7. The molecule has 0 bridgehead atoms. The Morgan fingerprint density at radius 3 is 2.04 bits per heavy atom. The molecule has 0 aliphatic carbocycles. The summed E-state index contributed by atoms with van der Waals surface area (Å²) in [7, 11) is 0. The first kappa shape index (κ1) is 17.6. The highest BCUT2D eigenvalue weighted by molar-refractivity contribution is 5.87. The van der Waals surface area contributed by atoms with Crippen LogP contribution in [0.3, 0.4) is 0 Å². The number of hydrogen-bond donors (Lipinski definition) is 2. The van der Waals surface area contributed by atoms with Gasteiger partial charge >= 0.3 is 11.9 Å². The summed E-state index contributed by atoms with van der Waals surface area (Å²) in [5.41, 5.74) is 1.30. The van der Waals surface area contributed by atoms with Crippen LogP contribution in [0.1, 0.15) is 11.1 Å². The maximum Gasteiger partial charge on any atom is 0.328 e. The molecule has 0 aliphatic rings. The summed E-state index contributed by atoms with van der Waals surface area (Å²) >= 11 is 0. The topological polar surface area (TPSA) is 113 Å². The third-order valence-corrected chi connectivity index (χ3v) is 3.09. The molecular weight excluding hydrogens is 324 g/mol. The lowest BCUT2D eigenvalue weighted by atomic mass is 10.1. The van der Waals surface area contributed by atoms with E-state index >= 15 is 0 Å². The Bertz CT molecular complexity index is 885. The van der Waals surface area contributed by atoms with Crippen molar-refractivity contribution < 1.29 is 24.7 Å². The van der Waals surface area contributed by atoms with Gasteiger partial charge in [-0.2, -0.15) is 0 Å². The number of carbonyl (C=O) groups is 2. The van der Waals surface area contributed by atoms with E-state index in [1.165, 1.54) is 18.2 Å². The number of carboxylic acid groups (broad SMARTS) is 2. The van der Waals surface area contributed by atoms with Crippen LogP contribution in [0.4, 0.5) is 11.4 Å². The lowest BCUT2D eigenvalue weighted by Gasteiger charge is -2.04. The molecule has 7 heteroatoms. The van der Waals surface area contributed by atoms with Gasteiger partial charge in [0, 0.05) is 28.9 Å². The molecule has 25 heavy (non-hydrogen) atoms. The maximum absolute atomic E-state index is 12.4. The van der Waals surface area contributed by atoms with E-state index < -0.39 is 11.9 Å². The van der Waals surface area contributed by atoms with Crippen LogP contribution in [-0.2, 0) is 9.59 Å². The Morgan fingerprint density at radius 1 is 0.880 bits per heavy atom. The fourth-order valence-corrected chi connectivity index (χ4v) is 2.00. The van der Waals surface area contributed by atoms with Gasteiger partial charge in [0.15, 0.2) is 0 Å². The van der Waals surface area contributed by atoms with Crippen LogP contribution in [0.5, 0.6) is 0 Å². The van der Waals surface area contributed by atoms with Gasteiger partial charge in [-0.15, -0.1) is 0 Å². The highest BCUT2D eigenvalue weighted by Crippen LogP contribution is 2.25. The van der Waals surface area contributed by atoms with Crippen molar-refractivity contribution in [1.82, 2.24) is 0 Å². The minimum Gasteiger partial charge on any atom is -0.594 e. The van der Waals surface area contributed by atoms with Crippen molar-refractivity contribution in [1.29, 1.82) is 0 Å². The SMILES string of the molecule is O=C(O)C=Cc1ccccc1N=[N+]([O-])c1ccccc1C=CC(=O)O. The molecule has 0 saturated heterocycles. The second-order valence-corrected chi connectivity index (χ2v) is 4.83. The van der Waals surface area contributed by atoms with Crippen LogP contribution in [-0.4, -0.2) is 27.0 Å². The number of para-hydroxylation sites is 1. The molecule has 0 unspecified atom stereocenters. The molecule has 2 N–H and O–H groups in total. The zero-order valence-corrected chi connectivity index (χ0v) is 12.9. The normalized spacial score (nSPS) is 11.9. The Kier molecular flexibility index (Phi) is 5.78. The zero-order valence-electron chi connectivity index (χ0n) is 12.9. The summed E-state index contributed by atoms with van der Waals surface area (Å²) in [5, 5.41) is 33.8. The first-order valence-electron chi connectivity index (χ1n) is 7.16. The number of benzene rings is 2. The summed E-state index contributed by atoms with van der Waals surface area (Å²) in [6.07, 6.45) is 4.52. The molecule has 126 valence electrons. The molecule has 0 heterocycles. The molecule has 0 saturated carbocycles. The van der Waals surface area contributed by atoms with E-state index in [2.05, 4.69) is 5.11 Å². The van der Waals surface area contributed by atoms with Crippen LogP contribution in [0, 0.1) is 5.21 Å². The van der Waals surface area contributed by atoms with Gasteiger partial charge in [0.1, 0.15) is 5.69 Å². The average Bonchev–Trinajstić information content (AvgIpc) is 2.59. The van der Waals surface area contributed by atoms with E-state index in [-0.39, 0.29) is 11.4 Å². The van der Waals surface area contributed by atoms with Gasteiger partial charge in [0.25, 0.3) is 5.69 Å². The predicted molar refractivity (Wildman–Crippen MR) is 91.6 cm³/mol. The fraction of sp³-hybridized carbons (Fsp3) is 0. The van der Waals surface area contributed by atoms with Crippen LogP contribution in [0.25, 0.3) is 12.2 Å². The summed E-state index contributed by atoms with van der Waals surface area (Å²) in [6, 6.07) is 13.0. The van der Waals surface area contributed by atoms with Gasteiger partial charge in [-0.25, -0.2) is 9.59 Å². The first-order chi connectivity index (χ1) is 12.0. The molecule has 2 rings (SSSR count). The number of aliphatic carboxylic acids is 2. The zero-order chi connectivity index (χ0) is 18.2. The fourth-order valence-electron chi connectivity index (χ4n) is 2.00. The van der Waals surface area contributed by atoms with Crippen molar-refractivity contribution in [3.63, 3.8) is 0 Å². The van der Waals surface area contributed by atoms with E-state index in [9.17, 15) is 14.8 Å². The quantitative estimate of drug-likeness (QED) is 0.360. The lowest BCUT2D eigenvalue weighted by Crippen LogP contribution is -1.95. The molecule has 0 aliphatic heterocycles. The summed E-state index contributed by atoms with van der Waals surface area (Å²) in [5.74, 6) is -2.24. The molecule has 2 aromatic carbocycles. The molecule has 0 aromatic heterocycles. The number of hydrogen-bond acceptors (Lipinski definition) is 4. The van der Waals surface area contributed by atoms with Crippen molar-refractivity contribution in [3.05, 3.63) is 77.0 Å². The van der Waals surface area contributed by atoms with E-state index in [1.807, 2.05) is 0 Å². The van der Waals surface area contributed by atoms with E-state index in [1.54, 1.807) is 42.5 Å². The smallest absolute Gasteiger partial charge is 0.328 e. The maximum atomic E-state index is 12.4. The minimum atomic E-state index is -1.13. The standard InChI is InChI=1S/C18H14N2O5/c21-17(22)11-9-13-5-1-3-7-15(13)19-20(25)16-8-4-2-6-14(16)10-12-18(23)24/h1-12H,(H,21,22)(H,23,24). The molecule has 0 spiro atoms. The molecule has 2 aromatic rings. The van der Waals surface area contributed by atoms with Crippen LogP contribution in [0.2, 0.25) is 0 Å². The molecule has 0 atom stereocenters. The number of azo groups is 1. The Hall–Kier alpha value is -3.74. The Morgan fingerprint density at radius 2 is 1.40 bits per heavy atom. The first-order valence-corrected chi connectivity index (χ1v) is 7.16. The van der Waals surface area contributed by atoms with Crippen molar-refractivity contribution in [2.24, 2.45) is 5.11 Å². The number of rotatable bonds is 6. The molecule has 0 radical (unpaired) electrons. The van der Waals surface area contributed by atoms with Gasteiger partial charge in [-0.05, 0) is 29.1 Å². The predicted octanol–water partition coefficient (Wildman–Crippen LogP) is 3.81. The highest BCUT2D eigenvalue weighted by Gasteiger charge is 2.10. The van der Waals surface area contributed by atoms with Gasteiger partial charge in [-0.1, -0.05) is 30.3 Å². The van der Waals surface area contributed by atoms with Crippen molar-refractivity contribution >= 4 is 35.5 Å². The van der Waals surface area contributed by atoms with E-state index in [0.29, 0.717) is 16.0 Å². The molecule has 0 fully saturated rings.